The molecule has 2 aromatic carbocycles. The molecule has 32 heavy (non-hydrogen) atoms. The van der Waals surface area contributed by atoms with Gasteiger partial charge in [-0.05, 0) is 30.0 Å². The Morgan fingerprint density at radius 1 is 1.06 bits per heavy atom. The van der Waals surface area contributed by atoms with E-state index in [1.165, 1.54) is 19.1 Å². The molecular formula is C25H25N3O4. The molecule has 1 heterocycles. The van der Waals surface area contributed by atoms with Crippen LogP contribution in [0.1, 0.15) is 29.5 Å². The van der Waals surface area contributed by atoms with Gasteiger partial charge in [-0.25, -0.2) is 9.59 Å². The Morgan fingerprint density at radius 2 is 1.72 bits per heavy atom. The van der Waals surface area contributed by atoms with Gasteiger partial charge in [0.05, 0.1) is 43.0 Å². The van der Waals surface area contributed by atoms with Gasteiger partial charge in [0.2, 0.25) is 0 Å². The average molecular weight is 431 g/mol. The van der Waals surface area contributed by atoms with Crippen LogP contribution in [0, 0.1) is 18.3 Å². The van der Waals surface area contributed by atoms with Crippen molar-refractivity contribution in [2.75, 3.05) is 19.1 Å². The predicted molar refractivity (Wildman–Crippen MR) is 120 cm³/mol. The van der Waals surface area contributed by atoms with Crippen molar-refractivity contribution in [3.05, 3.63) is 87.9 Å². The van der Waals surface area contributed by atoms with Gasteiger partial charge in [-0.15, -0.1) is 0 Å². The SMILES string of the molecule is CCc1cccc(C)c1N1C(N)=C(C#N)C(c2ccccc2)C(C(=O)OC)=C1C(=O)OC. The van der Waals surface area contributed by atoms with Crippen molar-refractivity contribution in [2.45, 2.75) is 26.2 Å². The maximum absolute atomic E-state index is 13.1. The first-order valence-electron chi connectivity index (χ1n) is 10.1. The molecule has 2 N–H and O–H groups in total. The number of allylic oxidation sites excluding steroid dienone is 1. The first-order valence-corrected chi connectivity index (χ1v) is 10.1. The van der Waals surface area contributed by atoms with Crippen LogP contribution in [0.5, 0.6) is 0 Å². The molecule has 3 rings (SSSR count). The molecule has 0 saturated carbocycles. The van der Waals surface area contributed by atoms with Gasteiger partial charge in [0, 0.05) is 0 Å². The molecule has 1 aliphatic rings. The van der Waals surface area contributed by atoms with Gasteiger partial charge in [-0.2, -0.15) is 5.26 Å². The van der Waals surface area contributed by atoms with Crippen LogP contribution < -0.4 is 10.6 Å². The molecule has 1 atom stereocenters. The van der Waals surface area contributed by atoms with Crippen molar-refractivity contribution in [2.24, 2.45) is 5.73 Å². The zero-order chi connectivity index (χ0) is 23.4. The monoisotopic (exact) mass is 431 g/mol. The maximum atomic E-state index is 13.1. The highest BCUT2D eigenvalue weighted by atomic mass is 16.5. The van der Waals surface area contributed by atoms with E-state index < -0.39 is 17.9 Å². The zero-order valence-electron chi connectivity index (χ0n) is 18.5. The van der Waals surface area contributed by atoms with E-state index in [0.717, 1.165) is 11.1 Å². The summed E-state index contributed by atoms with van der Waals surface area (Å²) in [4.78, 5) is 27.7. The number of rotatable bonds is 5. The summed E-state index contributed by atoms with van der Waals surface area (Å²) >= 11 is 0. The third-order valence-corrected chi connectivity index (χ3v) is 5.54. The van der Waals surface area contributed by atoms with Gasteiger partial charge in [0.1, 0.15) is 11.5 Å². The lowest BCUT2D eigenvalue weighted by Crippen LogP contribution is -2.41. The lowest BCUT2D eigenvalue weighted by molar-refractivity contribution is -0.139. The van der Waals surface area contributed by atoms with Crippen LogP contribution in [-0.2, 0) is 25.5 Å². The Bertz CT molecular complexity index is 1160. The third-order valence-electron chi connectivity index (χ3n) is 5.54. The number of para-hydroxylation sites is 1. The Kier molecular flexibility index (Phi) is 6.64. The average Bonchev–Trinajstić information content (AvgIpc) is 2.82. The molecule has 7 heteroatoms. The lowest BCUT2D eigenvalue weighted by Gasteiger charge is -2.37. The number of ether oxygens (including phenoxy) is 2. The van der Waals surface area contributed by atoms with Crippen molar-refractivity contribution in [3.63, 3.8) is 0 Å². The number of esters is 2. The van der Waals surface area contributed by atoms with E-state index in [2.05, 4.69) is 6.07 Å². The standard InChI is InChI=1S/C25H25N3O4/c1-5-16-13-9-10-15(2)21(16)28-22(25(30)32-4)20(24(29)31-3)19(18(14-26)23(28)27)17-11-7-6-8-12-17/h6-13,19H,5,27H2,1-4H3. The number of hydrogen-bond acceptors (Lipinski definition) is 7. The summed E-state index contributed by atoms with van der Waals surface area (Å²) in [6, 6.07) is 16.8. The minimum absolute atomic E-state index is 0.00149. The van der Waals surface area contributed by atoms with E-state index in [4.69, 9.17) is 15.2 Å². The summed E-state index contributed by atoms with van der Waals surface area (Å²) in [6.07, 6.45) is 0.646. The summed E-state index contributed by atoms with van der Waals surface area (Å²) in [5.74, 6) is -2.31. The molecule has 164 valence electrons. The van der Waals surface area contributed by atoms with E-state index >= 15 is 0 Å². The number of nitriles is 1. The number of anilines is 1. The second-order valence-corrected chi connectivity index (χ2v) is 7.27. The van der Waals surface area contributed by atoms with Gasteiger partial charge < -0.3 is 15.2 Å². The van der Waals surface area contributed by atoms with Crippen molar-refractivity contribution in [1.82, 2.24) is 0 Å². The topological polar surface area (TPSA) is 106 Å². The highest BCUT2D eigenvalue weighted by Gasteiger charge is 2.43. The normalized spacial score (nSPS) is 16.0. The largest absolute Gasteiger partial charge is 0.466 e. The van der Waals surface area contributed by atoms with E-state index in [-0.39, 0.29) is 22.7 Å². The van der Waals surface area contributed by atoms with Crippen molar-refractivity contribution in [3.8, 4) is 6.07 Å². The number of carbonyl (C=O) groups is 2. The highest BCUT2D eigenvalue weighted by molar-refractivity contribution is 6.06. The number of aryl methyl sites for hydroxylation is 2. The summed E-state index contributed by atoms with van der Waals surface area (Å²) in [6.45, 7) is 3.85. The Morgan fingerprint density at radius 3 is 2.28 bits per heavy atom. The van der Waals surface area contributed by atoms with Crippen LogP contribution in [0.2, 0.25) is 0 Å². The quantitative estimate of drug-likeness (QED) is 0.723. The van der Waals surface area contributed by atoms with Gasteiger partial charge in [-0.1, -0.05) is 55.5 Å². The smallest absolute Gasteiger partial charge is 0.355 e. The molecular weight excluding hydrogens is 406 g/mol. The van der Waals surface area contributed by atoms with Gasteiger partial charge in [0.25, 0.3) is 0 Å². The summed E-state index contributed by atoms with van der Waals surface area (Å²) in [5.41, 5.74) is 9.64. The Balaban J connectivity index is 2.48. The molecule has 0 bridgehead atoms. The summed E-state index contributed by atoms with van der Waals surface area (Å²) < 4.78 is 10.1. The van der Waals surface area contributed by atoms with Gasteiger partial charge in [-0.3, -0.25) is 4.90 Å². The van der Waals surface area contributed by atoms with Gasteiger partial charge >= 0.3 is 11.9 Å². The first kappa shape index (κ1) is 22.6. The van der Waals surface area contributed by atoms with Crippen molar-refractivity contribution >= 4 is 17.6 Å². The Labute approximate surface area is 187 Å². The summed E-state index contributed by atoms with van der Waals surface area (Å²) in [5, 5.41) is 10.1. The molecule has 1 aliphatic heterocycles. The maximum Gasteiger partial charge on any atom is 0.355 e. The predicted octanol–water partition coefficient (Wildman–Crippen LogP) is 3.46. The number of carbonyl (C=O) groups excluding carboxylic acids is 2. The molecule has 0 radical (unpaired) electrons. The minimum atomic E-state index is -0.881. The minimum Gasteiger partial charge on any atom is -0.466 e. The molecule has 0 spiro atoms. The second kappa shape index (κ2) is 9.40. The highest BCUT2D eigenvalue weighted by Crippen LogP contribution is 2.44. The summed E-state index contributed by atoms with van der Waals surface area (Å²) in [7, 11) is 2.47. The van der Waals surface area contributed by atoms with Crippen LogP contribution in [-0.4, -0.2) is 26.2 Å². The zero-order valence-corrected chi connectivity index (χ0v) is 18.5. The van der Waals surface area contributed by atoms with Crippen LogP contribution in [0.25, 0.3) is 0 Å². The van der Waals surface area contributed by atoms with Gasteiger partial charge in [0.15, 0.2) is 0 Å². The number of methoxy groups -OCH3 is 2. The van der Waals surface area contributed by atoms with Crippen LogP contribution in [0.3, 0.4) is 0 Å². The van der Waals surface area contributed by atoms with E-state index in [1.807, 2.05) is 38.1 Å². The van der Waals surface area contributed by atoms with E-state index in [0.29, 0.717) is 17.7 Å². The first-order chi connectivity index (χ1) is 15.4. The molecule has 0 amide bonds. The molecule has 0 fully saturated rings. The van der Waals surface area contributed by atoms with Crippen LogP contribution in [0.4, 0.5) is 5.69 Å². The molecule has 1 unspecified atom stereocenters. The fourth-order valence-electron chi connectivity index (χ4n) is 4.07. The third kappa shape index (κ3) is 3.71. The molecule has 7 nitrogen and oxygen atoms in total. The van der Waals surface area contributed by atoms with E-state index in [1.54, 1.807) is 24.3 Å². The number of hydrogen-bond donors (Lipinski definition) is 1. The fraction of sp³-hybridized carbons (Fsp3) is 0.240. The van der Waals surface area contributed by atoms with Crippen molar-refractivity contribution < 1.29 is 19.1 Å². The number of nitrogens with two attached hydrogens (primary N) is 1. The van der Waals surface area contributed by atoms with Crippen molar-refractivity contribution in [1.29, 1.82) is 5.26 Å². The van der Waals surface area contributed by atoms with Crippen LogP contribution >= 0.6 is 0 Å². The fourth-order valence-corrected chi connectivity index (χ4v) is 4.07. The number of benzene rings is 2. The second-order valence-electron chi connectivity index (χ2n) is 7.27. The van der Waals surface area contributed by atoms with Crippen LogP contribution in [0.15, 0.2) is 71.2 Å². The molecule has 0 saturated heterocycles. The molecule has 0 aromatic heterocycles. The number of nitrogens with zero attached hydrogens (tertiary/aromatic N) is 2. The molecule has 0 aliphatic carbocycles. The Hall–Kier alpha value is -4.05. The molecule has 2 aromatic rings. The lowest BCUT2D eigenvalue weighted by atomic mass is 9.80. The van der Waals surface area contributed by atoms with E-state index in [9.17, 15) is 14.9 Å².